The summed E-state index contributed by atoms with van der Waals surface area (Å²) in [6, 6.07) is 4.38. The van der Waals surface area contributed by atoms with Gasteiger partial charge in [-0.15, -0.1) is 0 Å². The summed E-state index contributed by atoms with van der Waals surface area (Å²) in [5.74, 6) is -0.286. The van der Waals surface area contributed by atoms with Gasteiger partial charge in [-0.05, 0) is 13.2 Å². The molecule has 4 nitrogen and oxygen atoms in total. The van der Waals surface area contributed by atoms with Crippen LogP contribution in [0.5, 0.6) is 0 Å². The van der Waals surface area contributed by atoms with Gasteiger partial charge in [0.2, 0.25) is 0 Å². The third-order valence-corrected chi connectivity index (χ3v) is 1.99. The average molecular weight is 189 g/mol. The number of rotatable bonds is 3. The Morgan fingerprint density at radius 3 is 2.71 bits per heavy atom. The second-order valence-corrected chi connectivity index (χ2v) is 2.83. The number of ketones is 1. The fourth-order valence-electron chi connectivity index (χ4n) is 1.23. The smallest absolute Gasteiger partial charge is 0.273 e. The molecule has 2 radical (unpaired) electrons. The van der Waals surface area contributed by atoms with E-state index in [2.05, 4.69) is 0 Å². The minimum Gasteiger partial charge on any atom is -0.295 e. The van der Waals surface area contributed by atoms with Gasteiger partial charge in [0.1, 0.15) is 0 Å². The van der Waals surface area contributed by atoms with Gasteiger partial charge in [0.05, 0.1) is 12.8 Å². The van der Waals surface area contributed by atoms with E-state index in [4.69, 9.17) is 7.85 Å². The van der Waals surface area contributed by atoms with E-state index in [1.54, 1.807) is 6.92 Å². The lowest BCUT2D eigenvalue weighted by atomic mass is 9.93. The highest BCUT2D eigenvalue weighted by Gasteiger charge is 2.16. The molecular weight excluding hydrogens is 181 g/mol. The summed E-state index contributed by atoms with van der Waals surface area (Å²) in [7, 11) is 5.18. The van der Waals surface area contributed by atoms with Crippen molar-refractivity contribution in [3.8, 4) is 0 Å². The van der Waals surface area contributed by atoms with E-state index in [0.29, 0.717) is 11.1 Å². The number of nitrogens with zero attached hydrogens (tertiary/aromatic N) is 1. The third kappa shape index (κ3) is 1.81. The molecular formula is C9H8BNO3. The van der Waals surface area contributed by atoms with Crippen LogP contribution in [-0.4, -0.2) is 18.6 Å². The predicted molar refractivity (Wildman–Crippen MR) is 52.7 cm³/mol. The van der Waals surface area contributed by atoms with Gasteiger partial charge in [0.15, 0.2) is 5.78 Å². The molecule has 5 heteroatoms. The number of nitro benzene ring substituents is 1. The Bertz CT molecular complexity index is 390. The van der Waals surface area contributed by atoms with Crippen molar-refractivity contribution in [2.24, 2.45) is 0 Å². The minimum absolute atomic E-state index is 0.0516. The van der Waals surface area contributed by atoms with Crippen molar-refractivity contribution in [2.45, 2.75) is 13.2 Å². The first-order chi connectivity index (χ1) is 6.57. The largest absolute Gasteiger partial charge is 0.295 e. The Hall–Kier alpha value is -1.65. The quantitative estimate of drug-likeness (QED) is 0.314. The molecule has 0 aromatic heterocycles. The lowest BCUT2D eigenvalue weighted by molar-refractivity contribution is -0.385. The van der Waals surface area contributed by atoms with Crippen LogP contribution in [0.4, 0.5) is 5.69 Å². The number of nitro groups is 1. The van der Waals surface area contributed by atoms with Gasteiger partial charge >= 0.3 is 0 Å². The third-order valence-electron chi connectivity index (χ3n) is 1.99. The highest BCUT2D eigenvalue weighted by molar-refractivity contribution is 6.24. The second-order valence-electron chi connectivity index (χ2n) is 2.83. The van der Waals surface area contributed by atoms with Gasteiger partial charge in [-0.25, -0.2) is 0 Å². The maximum absolute atomic E-state index is 11.3. The molecule has 0 atom stereocenters. The van der Waals surface area contributed by atoms with Crippen molar-refractivity contribution >= 4 is 19.3 Å². The van der Waals surface area contributed by atoms with Gasteiger partial charge in [0, 0.05) is 17.2 Å². The molecule has 0 aliphatic carbocycles. The molecule has 1 aromatic carbocycles. The summed E-state index contributed by atoms with van der Waals surface area (Å²) in [4.78, 5) is 21.3. The number of Topliss-reactive ketones (excluding diaryl/α,β-unsaturated/α-hetero) is 1. The average Bonchev–Trinajstić information content (AvgIpc) is 2.16. The van der Waals surface area contributed by atoms with Crippen molar-refractivity contribution in [1.29, 1.82) is 0 Å². The van der Waals surface area contributed by atoms with Crippen LogP contribution in [0.15, 0.2) is 18.2 Å². The van der Waals surface area contributed by atoms with Crippen molar-refractivity contribution in [3.63, 3.8) is 0 Å². The molecule has 70 valence electrons. The van der Waals surface area contributed by atoms with E-state index >= 15 is 0 Å². The molecule has 0 aliphatic rings. The van der Waals surface area contributed by atoms with Crippen LogP contribution >= 0.6 is 0 Å². The molecule has 14 heavy (non-hydrogen) atoms. The van der Waals surface area contributed by atoms with E-state index in [0.717, 1.165) is 0 Å². The van der Waals surface area contributed by atoms with Crippen LogP contribution in [0.1, 0.15) is 15.9 Å². The van der Waals surface area contributed by atoms with Crippen LogP contribution in [0.2, 0.25) is 6.32 Å². The monoisotopic (exact) mass is 189 g/mol. The van der Waals surface area contributed by atoms with Crippen molar-refractivity contribution in [1.82, 2.24) is 0 Å². The summed E-state index contributed by atoms with van der Waals surface area (Å²) in [5, 5.41) is 10.5. The lowest BCUT2D eigenvalue weighted by Gasteiger charge is -2.03. The highest BCUT2D eigenvalue weighted by atomic mass is 16.6. The molecule has 0 saturated heterocycles. The lowest BCUT2D eigenvalue weighted by Crippen LogP contribution is -2.03. The molecule has 0 unspecified atom stereocenters. The van der Waals surface area contributed by atoms with E-state index < -0.39 is 4.92 Å². The Labute approximate surface area is 82.5 Å². The molecule has 0 heterocycles. The zero-order valence-electron chi connectivity index (χ0n) is 7.69. The van der Waals surface area contributed by atoms with Crippen LogP contribution in [0.3, 0.4) is 0 Å². The Morgan fingerprint density at radius 1 is 1.57 bits per heavy atom. The molecule has 0 bridgehead atoms. The number of carbonyl (C=O) groups excluding carboxylic acids is 1. The predicted octanol–water partition coefficient (Wildman–Crippen LogP) is 1.67. The SMILES string of the molecule is [B]CC(=O)c1cccc([N+](=O)[O-])c1C. The number of hydrogen-bond acceptors (Lipinski definition) is 3. The maximum atomic E-state index is 11.3. The summed E-state index contributed by atoms with van der Waals surface area (Å²) >= 11 is 0. The fraction of sp³-hybridized carbons (Fsp3) is 0.222. The van der Waals surface area contributed by atoms with E-state index in [1.807, 2.05) is 0 Å². The van der Waals surface area contributed by atoms with E-state index in [9.17, 15) is 14.9 Å². The Kier molecular flexibility index (Phi) is 3.01. The van der Waals surface area contributed by atoms with Crippen LogP contribution in [-0.2, 0) is 0 Å². The number of carbonyl (C=O) groups is 1. The molecule has 1 rings (SSSR count). The van der Waals surface area contributed by atoms with E-state index in [-0.39, 0.29) is 17.8 Å². The van der Waals surface area contributed by atoms with Crippen LogP contribution in [0.25, 0.3) is 0 Å². The van der Waals surface area contributed by atoms with Gasteiger partial charge in [-0.1, -0.05) is 12.1 Å². The van der Waals surface area contributed by atoms with Gasteiger partial charge in [0.25, 0.3) is 5.69 Å². The van der Waals surface area contributed by atoms with Gasteiger partial charge in [-0.2, -0.15) is 0 Å². The molecule has 1 aromatic rings. The van der Waals surface area contributed by atoms with Gasteiger partial charge in [-0.3, -0.25) is 14.9 Å². The Balaban J connectivity index is 3.27. The standard InChI is InChI=1S/C9H8BNO3/c1-6-7(9(12)5-10)3-2-4-8(6)11(13)14/h2-4H,5H2,1H3. The zero-order valence-corrected chi connectivity index (χ0v) is 7.69. The molecule has 0 spiro atoms. The maximum Gasteiger partial charge on any atom is 0.273 e. The normalized spacial score (nSPS) is 9.79. The first kappa shape index (κ1) is 10.4. The topological polar surface area (TPSA) is 60.2 Å². The summed E-state index contributed by atoms with van der Waals surface area (Å²) < 4.78 is 0. The molecule has 0 aliphatic heterocycles. The summed E-state index contributed by atoms with van der Waals surface area (Å²) in [6.07, 6.45) is -0.137. The van der Waals surface area contributed by atoms with Crippen LogP contribution < -0.4 is 0 Å². The number of hydrogen-bond donors (Lipinski definition) is 0. The first-order valence-electron chi connectivity index (χ1n) is 4.05. The highest BCUT2D eigenvalue weighted by Crippen LogP contribution is 2.21. The minimum atomic E-state index is -0.511. The zero-order chi connectivity index (χ0) is 10.7. The van der Waals surface area contributed by atoms with Crippen molar-refractivity contribution in [3.05, 3.63) is 39.4 Å². The van der Waals surface area contributed by atoms with Crippen LogP contribution in [0, 0.1) is 17.0 Å². The van der Waals surface area contributed by atoms with Crippen molar-refractivity contribution < 1.29 is 9.72 Å². The Morgan fingerprint density at radius 2 is 2.21 bits per heavy atom. The number of benzene rings is 1. The summed E-state index contributed by atoms with van der Waals surface area (Å²) in [6.45, 7) is 1.54. The fourth-order valence-corrected chi connectivity index (χ4v) is 1.23. The molecule has 0 saturated carbocycles. The summed E-state index contributed by atoms with van der Waals surface area (Å²) in [5.41, 5.74) is 0.638. The molecule has 0 amide bonds. The first-order valence-corrected chi connectivity index (χ1v) is 4.05. The molecule has 0 N–H and O–H groups in total. The second kappa shape index (κ2) is 4.04. The van der Waals surface area contributed by atoms with Crippen molar-refractivity contribution in [2.75, 3.05) is 0 Å². The molecule has 0 fully saturated rings. The van der Waals surface area contributed by atoms with Gasteiger partial charge < -0.3 is 0 Å². The van der Waals surface area contributed by atoms with E-state index in [1.165, 1.54) is 18.2 Å².